The second-order valence-corrected chi connectivity index (χ2v) is 4.13. The van der Waals surface area contributed by atoms with Crippen LogP contribution in [0, 0.1) is 0 Å². The van der Waals surface area contributed by atoms with Crippen molar-refractivity contribution >= 4 is 6.08 Å². The van der Waals surface area contributed by atoms with Crippen molar-refractivity contribution in [1.82, 2.24) is 0 Å². The van der Waals surface area contributed by atoms with Crippen LogP contribution in [0.15, 0.2) is 30.8 Å². The van der Waals surface area contributed by atoms with Crippen molar-refractivity contribution < 1.29 is 9.47 Å². The molecule has 0 unspecified atom stereocenters. The predicted octanol–water partition coefficient (Wildman–Crippen LogP) is 3.87. The molecule has 0 aliphatic carbocycles. The van der Waals surface area contributed by atoms with Crippen LogP contribution in [0.25, 0.3) is 6.08 Å². The van der Waals surface area contributed by atoms with Crippen LogP contribution >= 0.6 is 0 Å². The average molecular weight is 220 g/mol. The Morgan fingerprint density at radius 1 is 1.38 bits per heavy atom. The van der Waals surface area contributed by atoms with Gasteiger partial charge in [0.1, 0.15) is 5.75 Å². The van der Waals surface area contributed by atoms with E-state index in [1.54, 1.807) is 6.08 Å². The highest BCUT2D eigenvalue weighted by molar-refractivity contribution is 5.49. The zero-order chi connectivity index (χ0) is 12.0. The maximum absolute atomic E-state index is 5.78. The summed E-state index contributed by atoms with van der Waals surface area (Å²) in [6.07, 6.45) is 2.78. The van der Waals surface area contributed by atoms with Crippen molar-refractivity contribution in [1.29, 1.82) is 0 Å². The second-order valence-electron chi connectivity index (χ2n) is 4.13. The zero-order valence-corrected chi connectivity index (χ0v) is 10.3. The molecule has 0 aliphatic rings. The molecule has 0 saturated heterocycles. The molecule has 2 nitrogen and oxygen atoms in total. The summed E-state index contributed by atoms with van der Waals surface area (Å²) < 4.78 is 11.4. The van der Waals surface area contributed by atoms with Gasteiger partial charge in [0.15, 0.2) is 0 Å². The van der Waals surface area contributed by atoms with Gasteiger partial charge in [-0.3, -0.25) is 0 Å². The Labute approximate surface area is 97.9 Å². The van der Waals surface area contributed by atoms with Gasteiger partial charge in [0, 0.05) is 13.8 Å². The smallest absolute Gasteiger partial charge is 0.204 e. The van der Waals surface area contributed by atoms with Gasteiger partial charge in [0.05, 0.1) is 6.61 Å². The van der Waals surface area contributed by atoms with Gasteiger partial charge >= 0.3 is 0 Å². The SMILES string of the molecule is C=Cc1cccc(OC(C)(C)OCCC)c1. The zero-order valence-electron chi connectivity index (χ0n) is 10.3. The van der Waals surface area contributed by atoms with Crippen LogP contribution in [0.1, 0.15) is 32.8 Å². The van der Waals surface area contributed by atoms with E-state index in [0.29, 0.717) is 6.61 Å². The molecule has 0 heterocycles. The minimum Gasteiger partial charge on any atom is -0.463 e. The summed E-state index contributed by atoms with van der Waals surface area (Å²) in [7, 11) is 0. The van der Waals surface area contributed by atoms with E-state index in [-0.39, 0.29) is 0 Å². The Balaban J connectivity index is 2.67. The van der Waals surface area contributed by atoms with Crippen molar-refractivity contribution in [3.8, 4) is 5.75 Å². The lowest BCUT2D eigenvalue weighted by atomic mass is 10.2. The molecular formula is C14H20O2. The van der Waals surface area contributed by atoms with Gasteiger partial charge in [0.25, 0.3) is 0 Å². The minimum absolute atomic E-state index is 0.587. The molecule has 1 aromatic carbocycles. The van der Waals surface area contributed by atoms with Crippen LogP contribution in [0.5, 0.6) is 5.75 Å². The summed E-state index contributed by atoms with van der Waals surface area (Å²) in [5.41, 5.74) is 1.05. The molecule has 0 N–H and O–H groups in total. The van der Waals surface area contributed by atoms with Crippen LogP contribution in [0.3, 0.4) is 0 Å². The van der Waals surface area contributed by atoms with Gasteiger partial charge in [-0.05, 0) is 24.1 Å². The fraction of sp³-hybridized carbons (Fsp3) is 0.429. The van der Waals surface area contributed by atoms with E-state index < -0.39 is 5.79 Å². The largest absolute Gasteiger partial charge is 0.463 e. The molecule has 2 heteroatoms. The lowest BCUT2D eigenvalue weighted by Crippen LogP contribution is -2.32. The highest BCUT2D eigenvalue weighted by atomic mass is 16.7. The Morgan fingerprint density at radius 3 is 2.75 bits per heavy atom. The van der Waals surface area contributed by atoms with E-state index in [1.807, 2.05) is 38.1 Å². The van der Waals surface area contributed by atoms with E-state index in [2.05, 4.69) is 13.5 Å². The number of benzene rings is 1. The Hall–Kier alpha value is -1.28. The number of rotatable bonds is 6. The van der Waals surface area contributed by atoms with E-state index in [0.717, 1.165) is 17.7 Å². The quantitative estimate of drug-likeness (QED) is 0.677. The molecule has 0 spiro atoms. The predicted molar refractivity (Wildman–Crippen MR) is 67.5 cm³/mol. The molecule has 0 aliphatic heterocycles. The van der Waals surface area contributed by atoms with Gasteiger partial charge in [-0.1, -0.05) is 31.7 Å². The Bertz CT molecular complexity index is 342. The molecule has 0 saturated carbocycles. The Kier molecular flexibility index (Phi) is 4.56. The molecule has 16 heavy (non-hydrogen) atoms. The van der Waals surface area contributed by atoms with Crippen LogP contribution in [0.4, 0.5) is 0 Å². The van der Waals surface area contributed by atoms with Crippen molar-refractivity contribution in [2.24, 2.45) is 0 Å². The average Bonchev–Trinajstić information content (AvgIpc) is 2.26. The topological polar surface area (TPSA) is 18.5 Å². The van der Waals surface area contributed by atoms with Gasteiger partial charge in [0.2, 0.25) is 5.79 Å². The van der Waals surface area contributed by atoms with Crippen LogP contribution in [-0.2, 0) is 4.74 Å². The number of ether oxygens (including phenoxy) is 2. The summed E-state index contributed by atoms with van der Waals surface area (Å²) in [4.78, 5) is 0. The maximum atomic E-state index is 5.78. The van der Waals surface area contributed by atoms with E-state index in [9.17, 15) is 0 Å². The van der Waals surface area contributed by atoms with Crippen LogP contribution in [0.2, 0.25) is 0 Å². The summed E-state index contributed by atoms with van der Waals surface area (Å²) in [5, 5.41) is 0. The van der Waals surface area contributed by atoms with Crippen LogP contribution in [-0.4, -0.2) is 12.4 Å². The third-order valence-electron chi connectivity index (χ3n) is 2.11. The molecule has 0 bridgehead atoms. The third kappa shape index (κ3) is 4.07. The maximum Gasteiger partial charge on any atom is 0.204 e. The summed E-state index contributed by atoms with van der Waals surface area (Å²) >= 11 is 0. The molecule has 1 rings (SSSR count). The highest BCUT2D eigenvalue weighted by Crippen LogP contribution is 2.21. The van der Waals surface area contributed by atoms with E-state index in [1.165, 1.54) is 0 Å². The molecule has 0 radical (unpaired) electrons. The summed E-state index contributed by atoms with van der Waals surface area (Å²) in [6.45, 7) is 10.4. The Morgan fingerprint density at radius 2 is 2.12 bits per heavy atom. The molecule has 88 valence electrons. The molecule has 0 aromatic heterocycles. The lowest BCUT2D eigenvalue weighted by Gasteiger charge is -2.26. The first kappa shape index (κ1) is 12.8. The standard InChI is InChI=1S/C14H20O2/c1-5-10-15-14(3,4)16-13-9-7-8-12(6-2)11-13/h6-9,11H,2,5,10H2,1,3-4H3. The minimum atomic E-state index is -0.587. The number of hydrogen-bond acceptors (Lipinski definition) is 2. The fourth-order valence-corrected chi connectivity index (χ4v) is 1.37. The van der Waals surface area contributed by atoms with Crippen molar-refractivity contribution in [3.63, 3.8) is 0 Å². The van der Waals surface area contributed by atoms with Crippen molar-refractivity contribution in [2.45, 2.75) is 33.0 Å². The summed E-state index contributed by atoms with van der Waals surface area (Å²) in [5.74, 6) is 0.217. The monoisotopic (exact) mass is 220 g/mol. The van der Waals surface area contributed by atoms with Gasteiger partial charge in [-0.25, -0.2) is 0 Å². The first-order valence-corrected chi connectivity index (χ1v) is 5.63. The van der Waals surface area contributed by atoms with Crippen molar-refractivity contribution in [2.75, 3.05) is 6.61 Å². The normalized spacial score (nSPS) is 11.2. The first-order valence-electron chi connectivity index (χ1n) is 5.63. The van der Waals surface area contributed by atoms with E-state index >= 15 is 0 Å². The van der Waals surface area contributed by atoms with Gasteiger partial charge in [-0.2, -0.15) is 0 Å². The van der Waals surface area contributed by atoms with E-state index in [4.69, 9.17) is 9.47 Å². The van der Waals surface area contributed by atoms with Crippen LogP contribution < -0.4 is 4.74 Å². The number of hydrogen-bond donors (Lipinski definition) is 0. The third-order valence-corrected chi connectivity index (χ3v) is 2.11. The van der Waals surface area contributed by atoms with Gasteiger partial charge < -0.3 is 9.47 Å². The molecule has 0 atom stereocenters. The fourth-order valence-electron chi connectivity index (χ4n) is 1.37. The molecule has 1 aromatic rings. The lowest BCUT2D eigenvalue weighted by molar-refractivity contribution is -0.156. The first-order chi connectivity index (χ1) is 7.57. The van der Waals surface area contributed by atoms with Gasteiger partial charge in [-0.15, -0.1) is 0 Å². The molecular weight excluding hydrogens is 200 g/mol. The van der Waals surface area contributed by atoms with Crippen molar-refractivity contribution in [3.05, 3.63) is 36.4 Å². The molecule has 0 fully saturated rings. The second kappa shape index (κ2) is 5.71. The highest BCUT2D eigenvalue weighted by Gasteiger charge is 2.19. The summed E-state index contributed by atoms with van der Waals surface area (Å²) in [6, 6.07) is 7.80. The molecule has 0 amide bonds.